The molecule has 0 aromatic carbocycles. The lowest BCUT2D eigenvalue weighted by Crippen LogP contribution is -2.47. The van der Waals surface area contributed by atoms with Gasteiger partial charge >= 0.3 is 0 Å². The molecule has 0 amide bonds. The van der Waals surface area contributed by atoms with Crippen LogP contribution in [0.5, 0.6) is 0 Å². The van der Waals surface area contributed by atoms with Gasteiger partial charge in [0.05, 0.1) is 0 Å². The third-order valence-electron chi connectivity index (χ3n) is 4.40. The van der Waals surface area contributed by atoms with Crippen LogP contribution in [-0.2, 0) is 0 Å². The summed E-state index contributed by atoms with van der Waals surface area (Å²) in [5, 5.41) is 0. The summed E-state index contributed by atoms with van der Waals surface area (Å²) >= 11 is 0. The van der Waals surface area contributed by atoms with Gasteiger partial charge in [-0.05, 0) is 31.4 Å². The summed E-state index contributed by atoms with van der Waals surface area (Å²) < 4.78 is 0. The summed E-state index contributed by atoms with van der Waals surface area (Å²) in [6.45, 7) is 3.88. The molecule has 0 saturated carbocycles. The molecule has 1 saturated heterocycles. The van der Waals surface area contributed by atoms with Crippen molar-refractivity contribution in [3.63, 3.8) is 0 Å². The van der Waals surface area contributed by atoms with E-state index in [1.165, 1.54) is 0 Å². The van der Waals surface area contributed by atoms with E-state index in [-0.39, 0.29) is 0 Å². The molecule has 3 heterocycles. The van der Waals surface area contributed by atoms with Crippen LogP contribution in [0.3, 0.4) is 0 Å². The van der Waals surface area contributed by atoms with Crippen molar-refractivity contribution >= 4 is 17.7 Å². The summed E-state index contributed by atoms with van der Waals surface area (Å²) in [5.74, 6) is 2.49. The number of piperidine rings is 1. The first-order chi connectivity index (χ1) is 11.5. The van der Waals surface area contributed by atoms with E-state index < -0.39 is 0 Å². The lowest BCUT2D eigenvalue weighted by Gasteiger charge is -2.37. The average Bonchev–Trinajstić information content (AvgIpc) is 2.62. The van der Waals surface area contributed by atoms with Gasteiger partial charge in [-0.15, -0.1) is 0 Å². The normalized spacial score (nSPS) is 17.7. The Morgan fingerprint density at radius 2 is 1.88 bits per heavy atom. The number of anilines is 3. The van der Waals surface area contributed by atoms with Crippen LogP contribution < -0.4 is 14.7 Å². The van der Waals surface area contributed by atoms with Crippen molar-refractivity contribution < 1.29 is 0 Å². The molecule has 1 atom stereocenters. The zero-order valence-corrected chi connectivity index (χ0v) is 14.8. The first kappa shape index (κ1) is 16.4. The standard InChI is InChI=1S/C17H25N7/c1-13-10-19-16(20-11-13)24-9-5-6-14(12-24)23(4)17-18-8-7-15(21-17)22(2)3/h7-8,10-11,14H,5-6,9,12H2,1-4H3. The van der Waals surface area contributed by atoms with Crippen LogP contribution in [0, 0.1) is 6.92 Å². The van der Waals surface area contributed by atoms with Crippen molar-refractivity contribution in [3.8, 4) is 0 Å². The molecule has 3 rings (SSSR count). The maximum atomic E-state index is 4.65. The maximum absolute atomic E-state index is 4.65. The first-order valence-electron chi connectivity index (χ1n) is 8.31. The van der Waals surface area contributed by atoms with E-state index in [4.69, 9.17) is 0 Å². The van der Waals surface area contributed by atoms with Gasteiger partial charge in [0.2, 0.25) is 11.9 Å². The molecule has 128 valence electrons. The Balaban J connectivity index is 1.74. The third-order valence-corrected chi connectivity index (χ3v) is 4.40. The van der Waals surface area contributed by atoms with Crippen LogP contribution >= 0.6 is 0 Å². The monoisotopic (exact) mass is 327 g/mol. The number of aryl methyl sites for hydroxylation is 1. The van der Waals surface area contributed by atoms with Crippen molar-refractivity contribution in [1.82, 2.24) is 19.9 Å². The number of rotatable bonds is 4. The van der Waals surface area contributed by atoms with Gasteiger partial charge < -0.3 is 14.7 Å². The lowest BCUT2D eigenvalue weighted by molar-refractivity contribution is 0.478. The molecule has 0 bridgehead atoms. The third kappa shape index (κ3) is 3.55. The number of likely N-dealkylation sites (N-methyl/N-ethyl adjacent to an activating group) is 1. The molecule has 0 N–H and O–H groups in total. The fourth-order valence-electron chi connectivity index (χ4n) is 2.92. The summed E-state index contributed by atoms with van der Waals surface area (Å²) in [4.78, 5) is 24.4. The van der Waals surface area contributed by atoms with Gasteiger partial charge in [0, 0.05) is 58.9 Å². The summed E-state index contributed by atoms with van der Waals surface area (Å²) in [6.07, 6.45) is 7.80. The van der Waals surface area contributed by atoms with Crippen molar-refractivity contribution in [1.29, 1.82) is 0 Å². The highest BCUT2D eigenvalue weighted by atomic mass is 15.3. The molecule has 0 radical (unpaired) electrons. The van der Waals surface area contributed by atoms with Crippen LogP contribution in [-0.4, -0.2) is 60.2 Å². The topological polar surface area (TPSA) is 61.3 Å². The number of aromatic nitrogens is 4. The largest absolute Gasteiger partial charge is 0.363 e. The van der Waals surface area contributed by atoms with E-state index in [2.05, 4.69) is 36.8 Å². The average molecular weight is 327 g/mol. The Hall–Kier alpha value is -2.44. The molecular formula is C17H25N7. The van der Waals surface area contributed by atoms with Gasteiger partial charge in [0.1, 0.15) is 5.82 Å². The summed E-state index contributed by atoms with van der Waals surface area (Å²) in [5.41, 5.74) is 1.08. The van der Waals surface area contributed by atoms with Crippen molar-refractivity contribution in [2.75, 3.05) is 48.9 Å². The predicted molar refractivity (Wildman–Crippen MR) is 96.8 cm³/mol. The molecule has 0 spiro atoms. The van der Waals surface area contributed by atoms with E-state index in [1.54, 1.807) is 0 Å². The Morgan fingerprint density at radius 3 is 2.58 bits per heavy atom. The SMILES string of the molecule is Cc1cnc(N2CCCC(N(C)c3nccc(N(C)C)n3)C2)nc1. The van der Waals surface area contributed by atoms with Gasteiger partial charge in [-0.3, -0.25) is 0 Å². The molecule has 2 aromatic heterocycles. The van der Waals surface area contributed by atoms with Gasteiger partial charge in [-0.25, -0.2) is 15.0 Å². The molecule has 24 heavy (non-hydrogen) atoms. The predicted octanol–water partition coefficient (Wildman–Crippen LogP) is 1.75. The fourth-order valence-corrected chi connectivity index (χ4v) is 2.92. The molecule has 1 fully saturated rings. The second-order valence-corrected chi connectivity index (χ2v) is 6.52. The zero-order chi connectivity index (χ0) is 17.1. The molecular weight excluding hydrogens is 302 g/mol. The second-order valence-electron chi connectivity index (χ2n) is 6.52. The highest BCUT2D eigenvalue weighted by Gasteiger charge is 2.26. The smallest absolute Gasteiger partial charge is 0.227 e. The van der Waals surface area contributed by atoms with Crippen LogP contribution in [0.15, 0.2) is 24.7 Å². The highest BCUT2D eigenvalue weighted by molar-refractivity contribution is 5.43. The van der Waals surface area contributed by atoms with Crippen LogP contribution in [0.2, 0.25) is 0 Å². The van der Waals surface area contributed by atoms with Crippen LogP contribution in [0.1, 0.15) is 18.4 Å². The zero-order valence-electron chi connectivity index (χ0n) is 14.8. The molecule has 2 aromatic rings. The first-order valence-corrected chi connectivity index (χ1v) is 8.31. The van der Waals surface area contributed by atoms with Crippen molar-refractivity contribution in [2.24, 2.45) is 0 Å². The lowest BCUT2D eigenvalue weighted by atomic mass is 10.1. The van der Waals surface area contributed by atoms with Gasteiger partial charge in [-0.2, -0.15) is 4.98 Å². The Morgan fingerprint density at radius 1 is 1.12 bits per heavy atom. The molecule has 7 nitrogen and oxygen atoms in total. The van der Waals surface area contributed by atoms with Crippen molar-refractivity contribution in [2.45, 2.75) is 25.8 Å². The van der Waals surface area contributed by atoms with Crippen LogP contribution in [0.25, 0.3) is 0 Å². The molecule has 1 aliphatic heterocycles. The van der Waals surface area contributed by atoms with Gasteiger partial charge in [0.15, 0.2) is 0 Å². The van der Waals surface area contributed by atoms with Crippen LogP contribution in [0.4, 0.5) is 17.7 Å². The Bertz CT molecular complexity index is 671. The van der Waals surface area contributed by atoms with E-state index in [1.807, 2.05) is 50.6 Å². The van der Waals surface area contributed by atoms with Gasteiger partial charge in [-0.1, -0.05) is 0 Å². The highest BCUT2D eigenvalue weighted by Crippen LogP contribution is 2.22. The summed E-state index contributed by atoms with van der Waals surface area (Å²) in [6, 6.07) is 2.27. The van der Waals surface area contributed by atoms with E-state index in [9.17, 15) is 0 Å². The van der Waals surface area contributed by atoms with Crippen molar-refractivity contribution in [3.05, 3.63) is 30.2 Å². The Labute approximate surface area is 143 Å². The number of nitrogens with zero attached hydrogens (tertiary/aromatic N) is 7. The Kier molecular flexibility index (Phi) is 4.78. The molecule has 1 unspecified atom stereocenters. The maximum Gasteiger partial charge on any atom is 0.227 e. The summed E-state index contributed by atoms with van der Waals surface area (Å²) in [7, 11) is 6.05. The van der Waals surface area contributed by atoms with E-state index in [0.29, 0.717) is 6.04 Å². The van der Waals surface area contributed by atoms with Gasteiger partial charge in [0.25, 0.3) is 0 Å². The number of hydrogen-bond donors (Lipinski definition) is 0. The minimum Gasteiger partial charge on any atom is -0.363 e. The number of hydrogen-bond acceptors (Lipinski definition) is 7. The second kappa shape index (κ2) is 6.98. The quantitative estimate of drug-likeness (QED) is 0.847. The molecule has 0 aliphatic carbocycles. The minimum atomic E-state index is 0.348. The fraction of sp³-hybridized carbons (Fsp3) is 0.529. The minimum absolute atomic E-state index is 0.348. The van der Waals surface area contributed by atoms with E-state index >= 15 is 0 Å². The van der Waals surface area contributed by atoms with E-state index in [0.717, 1.165) is 49.2 Å². The molecule has 7 heteroatoms. The molecule has 1 aliphatic rings.